The molecule has 126 valence electrons. The van der Waals surface area contributed by atoms with Crippen LogP contribution in [0.4, 0.5) is 4.79 Å². The Morgan fingerprint density at radius 2 is 2.17 bits per heavy atom. The van der Waals surface area contributed by atoms with Crippen LogP contribution >= 0.6 is 0 Å². The molecule has 0 fully saturated rings. The van der Waals surface area contributed by atoms with Crippen LogP contribution in [0.15, 0.2) is 28.9 Å². The number of carbonyl (C=O) groups excluding carboxylic acids is 1. The largest absolute Gasteiger partial charge is 0.469 e. The zero-order valence-corrected chi connectivity index (χ0v) is 14.3. The highest BCUT2D eigenvalue weighted by molar-refractivity contribution is 5.74. The zero-order valence-electron chi connectivity index (χ0n) is 14.3. The quantitative estimate of drug-likeness (QED) is 0.824. The minimum atomic E-state index is -0.149. The summed E-state index contributed by atoms with van der Waals surface area (Å²) < 4.78 is 7.27. The van der Waals surface area contributed by atoms with E-state index in [0.717, 1.165) is 23.7 Å². The van der Waals surface area contributed by atoms with Crippen LogP contribution in [0.2, 0.25) is 0 Å². The third kappa shape index (κ3) is 5.47. The van der Waals surface area contributed by atoms with Gasteiger partial charge < -0.3 is 15.1 Å². The Kier molecular flexibility index (Phi) is 5.84. The highest BCUT2D eigenvalue weighted by Gasteiger charge is 2.12. The van der Waals surface area contributed by atoms with E-state index in [1.165, 1.54) is 0 Å². The fraction of sp³-hybridized carbons (Fsp3) is 0.529. The van der Waals surface area contributed by atoms with Gasteiger partial charge >= 0.3 is 6.03 Å². The molecule has 0 aromatic carbocycles. The molecule has 2 heterocycles. The minimum Gasteiger partial charge on any atom is -0.469 e. The van der Waals surface area contributed by atoms with Gasteiger partial charge in [0.1, 0.15) is 5.76 Å². The van der Waals surface area contributed by atoms with E-state index < -0.39 is 0 Å². The zero-order chi connectivity index (χ0) is 16.8. The first-order valence-corrected chi connectivity index (χ1v) is 8.02. The van der Waals surface area contributed by atoms with Gasteiger partial charge in [-0.3, -0.25) is 4.68 Å². The summed E-state index contributed by atoms with van der Waals surface area (Å²) in [6, 6.07) is 5.69. The number of urea groups is 1. The molecule has 0 aliphatic rings. The van der Waals surface area contributed by atoms with Crippen molar-refractivity contribution in [2.45, 2.75) is 46.7 Å². The molecule has 2 aromatic heterocycles. The Morgan fingerprint density at radius 1 is 1.39 bits per heavy atom. The second-order valence-corrected chi connectivity index (χ2v) is 6.25. The topological polar surface area (TPSA) is 72.1 Å². The van der Waals surface area contributed by atoms with Crippen LogP contribution in [0.5, 0.6) is 0 Å². The van der Waals surface area contributed by atoms with Crippen molar-refractivity contribution in [3.8, 4) is 0 Å². The van der Waals surface area contributed by atoms with E-state index in [2.05, 4.69) is 28.7 Å². The van der Waals surface area contributed by atoms with Crippen LogP contribution in [0.1, 0.15) is 31.0 Å². The Bertz CT molecular complexity index is 619. The molecule has 2 atom stereocenters. The first-order valence-electron chi connectivity index (χ1n) is 8.02. The third-order valence-electron chi connectivity index (χ3n) is 3.66. The van der Waals surface area contributed by atoms with Crippen molar-refractivity contribution < 1.29 is 9.21 Å². The second-order valence-electron chi connectivity index (χ2n) is 6.25. The normalized spacial score (nSPS) is 13.6. The molecular weight excluding hydrogens is 292 g/mol. The lowest BCUT2D eigenvalue weighted by atomic mass is 10.2. The molecule has 2 unspecified atom stereocenters. The molecule has 0 bridgehead atoms. The van der Waals surface area contributed by atoms with Gasteiger partial charge in [-0.15, -0.1) is 0 Å². The highest BCUT2D eigenvalue weighted by atomic mass is 16.3. The van der Waals surface area contributed by atoms with E-state index in [-0.39, 0.29) is 12.1 Å². The van der Waals surface area contributed by atoms with Crippen LogP contribution in [0.25, 0.3) is 0 Å². The number of carbonyl (C=O) groups is 1. The van der Waals surface area contributed by atoms with E-state index in [0.29, 0.717) is 18.9 Å². The monoisotopic (exact) mass is 318 g/mol. The SMILES string of the molecule is Cc1cc(C)n(CC(C)CNC(=O)NC(C)Cc2ccco2)n1. The Labute approximate surface area is 137 Å². The maximum Gasteiger partial charge on any atom is 0.315 e. The van der Waals surface area contributed by atoms with Crippen molar-refractivity contribution in [2.24, 2.45) is 5.92 Å². The van der Waals surface area contributed by atoms with Gasteiger partial charge in [-0.2, -0.15) is 5.10 Å². The van der Waals surface area contributed by atoms with Crippen molar-refractivity contribution >= 4 is 6.03 Å². The number of hydrogen-bond donors (Lipinski definition) is 2. The highest BCUT2D eigenvalue weighted by Crippen LogP contribution is 2.06. The summed E-state index contributed by atoms with van der Waals surface area (Å²) in [5.74, 6) is 1.18. The smallest absolute Gasteiger partial charge is 0.315 e. The van der Waals surface area contributed by atoms with E-state index in [9.17, 15) is 4.79 Å². The van der Waals surface area contributed by atoms with Crippen molar-refractivity contribution in [3.63, 3.8) is 0 Å². The average Bonchev–Trinajstić information content (AvgIpc) is 3.07. The van der Waals surface area contributed by atoms with Gasteiger partial charge in [-0.05, 0) is 44.9 Å². The molecule has 2 rings (SSSR count). The molecular formula is C17H26N4O2. The van der Waals surface area contributed by atoms with Crippen molar-refractivity contribution in [2.75, 3.05) is 6.54 Å². The lowest BCUT2D eigenvalue weighted by Gasteiger charge is -2.17. The molecule has 0 radical (unpaired) electrons. The van der Waals surface area contributed by atoms with Gasteiger partial charge in [0, 0.05) is 31.2 Å². The molecule has 23 heavy (non-hydrogen) atoms. The van der Waals surface area contributed by atoms with Gasteiger partial charge in [-0.25, -0.2) is 4.79 Å². The molecule has 0 aliphatic carbocycles. The summed E-state index contributed by atoms with van der Waals surface area (Å²) in [6.45, 7) is 9.49. The van der Waals surface area contributed by atoms with Crippen LogP contribution in [-0.2, 0) is 13.0 Å². The standard InChI is InChI=1S/C17H26N4O2/c1-12(11-21-15(4)8-14(3)20-21)10-18-17(22)19-13(2)9-16-6-5-7-23-16/h5-8,12-13H,9-11H2,1-4H3,(H2,18,19,22). The third-order valence-corrected chi connectivity index (χ3v) is 3.66. The molecule has 0 saturated heterocycles. The van der Waals surface area contributed by atoms with Crippen LogP contribution in [-0.4, -0.2) is 28.4 Å². The summed E-state index contributed by atoms with van der Waals surface area (Å²) in [5, 5.41) is 10.3. The fourth-order valence-electron chi connectivity index (χ4n) is 2.54. The number of nitrogens with one attached hydrogen (secondary N) is 2. The number of aryl methyl sites for hydroxylation is 2. The average molecular weight is 318 g/mol. The van der Waals surface area contributed by atoms with E-state index in [1.807, 2.05) is 37.6 Å². The Balaban J connectivity index is 1.70. The molecule has 2 amide bonds. The Hall–Kier alpha value is -2.24. The minimum absolute atomic E-state index is 0.0208. The van der Waals surface area contributed by atoms with Gasteiger partial charge in [0.2, 0.25) is 0 Å². The lowest BCUT2D eigenvalue weighted by molar-refractivity contribution is 0.234. The summed E-state index contributed by atoms with van der Waals surface area (Å²) in [6.07, 6.45) is 2.32. The van der Waals surface area contributed by atoms with Crippen LogP contribution in [0, 0.1) is 19.8 Å². The summed E-state index contributed by atoms with van der Waals surface area (Å²) in [5.41, 5.74) is 2.16. The van der Waals surface area contributed by atoms with E-state index >= 15 is 0 Å². The molecule has 0 aliphatic heterocycles. The first-order chi connectivity index (χ1) is 10.9. The summed E-state index contributed by atoms with van der Waals surface area (Å²) in [4.78, 5) is 11.9. The summed E-state index contributed by atoms with van der Waals surface area (Å²) >= 11 is 0. The predicted octanol–water partition coefficient (Wildman–Crippen LogP) is 2.66. The maximum absolute atomic E-state index is 11.9. The Morgan fingerprint density at radius 3 is 2.78 bits per heavy atom. The molecule has 2 N–H and O–H groups in total. The van der Waals surface area contributed by atoms with E-state index in [1.54, 1.807) is 6.26 Å². The number of furan rings is 1. The van der Waals surface area contributed by atoms with Gasteiger partial charge in [0.05, 0.1) is 12.0 Å². The number of amides is 2. The number of nitrogens with zero attached hydrogens (tertiary/aromatic N) is 2. The van der Waals surface area contributed by atoms with Crippen molar-refractivity contribution in [3.05, 3.63) is 41.6 Å². The van der Waals surface area contributed by atoms with Gasteiger partial charge in [0.15, 0.2) is 0 Å². The molecule has 0 saturated carbocycles. The molecule has 6 heteroatoms. The first kappa shape index (κ1) is 17.1. The molecule has 2 aromatic rings. The maximum atomic E-state index is 11.9. The van der Waals surface area contributed by atoms with Crippen LogP contribution < -0.4 is 10.6 Å². The second kappa shape index (κ2) is 7.85. The number of hydrogen-bond acceptors (Lipinski definition) is 3. The fourth-order valence-corrected chi connectivity index (χ4v) is 2.54. The lowest BCUT2D eigenvalue weighted by Crippen LogP contribution is -2.43. The van der Waals surface area contributed by atoms with Gasteiger partial charge in [-0.1, -0.05) is 6.92 Å². The van der Waals surface area contributed by atoms with Gasteiger partial charge in [0.25, 0.3) is 0 Å². The number of rotatable bonds is 7. The molecule has 6 nitrogen and oxygen atoms in total. The van der Waals surface area contributed by atoms with Crippen molar-refractivity contribution in [1.29, 1.82) is 0 Å². The number of aromatic nitrogens is 2. The molecule has 0 spiro atoms. The van der Waals surface area contributed by atoms with E-state index in [4.69, 9.17) is 4.42 Å². The summed E-state index contributed by atoms with van der Waals surface area (Å²) in [7, 11) is 0. The van der Waals surface area contributed by atoms with Crippen molar-refractivity contribution in [1.82, 2.24) is 20.4 Å². The predicted molar refractivity (Wildman–Crippen MR) is 89.3 cm³/mol. The van der Waals surface area contributed by atoms with Crippen LogP contribution in [0.3, 0.4) is 0 Å².